The van der Waals surface area contributed by atoms with Crippen molar-refractivity contribution in [1.29, 1.82) is 0 Å². The molecule has 1 unspecified atom stereocenters. The van der Waals surface area contributed by atoms with Crippen molar-refractivity contribution in [2.45, 2.75) is 31.5 Å². The van der Waals surface area contributed by atoms with E-state index in [1.54, 1.807) is 6.20 Å². The minimum atomic E-state index is -0.191. The van der Waals surface area contributed by atoms with Crippen molar-refractivity contribution in [3.05, 3.63) is 48.8 Å². The second-order valence-electron chi connectivity index (χ2n) is 10.2. The molecule has 2 saturated heterocycles. The van der Waals surface area contributed by atoms with Gasteiger partial charge < -0.3 is 29.1 Å². The number of nitrogens with zero attached hydrogens (tertiary/aromatic N) is 7. The zero-order chi connectivity index (χ0) is 26.7. The molecule has 2 aromatic heterocycles. The predicted octanol–water partition coefficient (Wildman–Crippen LogP) is 2.93. The van der Waals surface area contributed by atoms with Gasteiger partial charge in [0.1, 0.15) is 5.69 Å². The molecule has 4 aliphatic rings. The van der Waals surface area contributed by atoms with Crippen molar-refractivity contribution in [3.63, 3.8) is 0 Å². The lowest BCUT2D eigenvalue weighted by Gasteiger charge is -2.40. The van der Waals surface area contributed by atoms with Crippen LogP contribution in [0, 0.1) is 0 Å². The normalized spacial score (nSPS) is 23.9. The van der Waals surface area contributed by atoms with Crippen LogP contribution in [0.15, 0.2) is 48.8 Å². The number of hydrogen-bond acceptors (Lipinski definition) is 11. The number of aliphatic hydroxyl groups is 1. The largest absolute Gasteiger partial charge is 0.395 e. The van der Waals surface area contributed by atoms with Gasteiger partial charge in [-0.2, -0.15) is 0 Å². The van der Waals surface area contributed by atoms with E-state index in [0.29, 0.717) is 37.2 Å². The maximum absolute atomic E-state index is 9.18. The molecule has 39 heavy (non-hydrogen) atoms. The molecule has 7 rings (SSSR count). The molecule has 8 bridgehead atoms. The third-order valence-electron chi connectivity index (χ3n) is 7.42. The molecule has 2 N–H and O–H groups in total. The first-order valence-corrected chi connectivity index (χ1v) is 14.4. The van der Waals surface area contributed by atoms with E-state index < -0.39 is 0 Å². The van der Waals surface area contributed by atoms with Crippen molar-refractivity contribution in [2.75, 3.05) is 66.3 Å². The van der Waals surface area contributed by atoms with Crippen LogP contribution in [0.3, 0.4) is 0 Å². The highest BCUT2D eigenvalue weighted by molar-refractivity contribution is 8.00. The van der Waals surface area contributed by atoms with Crippen LogP contribution < -0.4 is 14.5 Å². The Hall–Kier alpha value is -3.19. The van der Waals surface area contributed by atoms with Gasteiger partial charge in [-0.15, -0.1) is 5.10 Å². The smallest absolute Gasteiger partial charge is 0.226 e. The lowest BCUT2D eigenvalue weighted by Crippen LogP contribution is -2.44. The summed E-state index contributed by atoms with van der Waals surface area (Å²) in [6.45, 7) is 6.62. The number of anilines is 3. The van der Waals surface area contributed by atoms with E-state index in [4.69, 9.17) is 14.5 Å². The summed E-state index contributed by atoms with van der Waals surface area (Å²) >= 11 is 1.48. The molecule has 11 nitrogen and oxygen atoms in total. The summed E-state index contributed by atoms with van der Waals surface area (Å²) in [6, 6.07) is 8.10. The molecular formula is C27H34N8O3S. The lowest BCUT2D eigenvalue weighted by atomic mass is 9.92. The van der Waals surface area contributed by atoms with E-state index in [1.165, 1.54) is 11.9 Å². The Bertz CT molecular complexity index is 1310. The van der Waals surface area contributed by atoms with Crippen molar-refractivity contribution in [2.24, 2.45) is 0 Å². The van der Waals surface area contributed by atoms with Gasteiger partial charge in [-0.1, -0.05) is 29.3 Å². The number of ether oxygens (including phenoxy) is 2. The molecule has 0 amide bonds. The molecule has 3 aromatic rings. The van der Waals surface area contributed by atoms with Crippen LogP contribution in [0.4, 0.5) is 17.3 Å². The van der Waals surface area contributed by atoms with Crippen LogP contribution in [0.2, 0.25) is 0 Å². The van der Waals surface area contributed by atoms with Crippen molar-refractivity contribution < 1.29 is 14.6 Å². The lowest BCUT2D eigenvalue weighted by molar-refractivity contribution is -0.0339. The van der Waals surface area contributed by atoms with Gasteiger partial charge in [-0.25, -0.2) is 14.6 Å². The molecule has 0 spiro atoms. The Kier molecular flexibility index (Phi) is 7.69. The summed E-state index contributed by atoms with van der Waals surface area (Å²) in [5.74, 6) is 1.27. The third kappa shape index (κ3) is 5.88. The van der Waals surface area contributed by atoms with Crippen LogP contribution in [0.5, 0.6) is 0 Å². The van der Waals surface area contributed by atoms with Gasteiger partial charge in [-0.3, -0.25) is 0 Å². The molecule has 0 saturated carbocycles. The SMILES string of the molecule is CC12CCN(CC1)c1cc(NSCCO)ccc1-n1cc(nn1)-c1ccnc(n1)N1CCOC(/C=C\CO2)C1. The fourth-order valence-electron chi connectivity index (χ4n) is 5.15. The van der Waals surface area contributed by atoms with Crippen LogP contribution in [0.1, 0.15) is 19.8 Å². The van der Waals surface area contributed by atoms with E-state index in [2.05, 4.69) is 61.0 Å². The van der Waals surface area contributed by atoms with Crippen LogP contribution in [-0.2, 0) is 9.47 Å². The summed E-state index contributed by atoms with van der Waals surface area (Å²) in [4.78, 5) is 13.9. The third-order valence-corrected chi connectivity index (χ3v) is 8.19. The van der Waals surface area contributed by atoms with Gasteiger partial charge >= 0.3 is 0 Å². The molecule has 12 heteroatoms. The predicted molar refractivity (Wildman–Crippen MR) is 152 cm³/mol. The maximum Gasteiger partial charge on any atom is 0.226 e. The highest BCUT2D eigenvalue weighted by atomic mass is 32.2. The van der Waals surface area contributed by atoms with Gasteiger partial charge in [0.2, 0.25) is 5.95 Å². The Morgan fingerprint density at radius 3 is 2.90 bits per heavy atom. The van der Waals surface area contributed by atoms with E-state index in [0.717, 1.165) is 55.2 Å². The van der Waals surface area contributed by atoms with Crippen molar-refractivity contribution in [3.8, 4) is 17.1 Å². The van der Waals surface area contributed by atoms with Crippen molar-refractivity contribution >= 4 is 29.3 Å². The quantitative estimate of drug-likeness (QED) is 0.284. The Morgan fingerprint density at radius 1 is 1.13 bits per heavy atom. The molecule has 2 fully saturated rings. The average molecular weight is 551 g/mol. The van der Waals surface area contributed by atoms with Crippen LogP contribution in [-0.4, -0.2) is 93.5 Å². The minimum absolute atomic E-state index is 0.0416. The Balaban J connectivity index is 1.37. The summed E-state index contributed by atoms with van der Waals surface area (Å²) < 4.78 is 17.5. The van der Waals surface area contributed by atoms with Crippen LogP contribution in [0.25, 0.3) is 17.1 Å². The standard InChI is InChI=1S/C27H34N8O3S/c1-27-7-10-33(11-8-27)25-17-20(31-39-16-13-36)4-5-24(25)35-19-23(30-32-35)22-6-9-28-26(29-22)34-12-15-37-21(18-34)3-2-14-38-27/h2-6,9,17,19,21,31,36H,7-8,10-16,18H2,1H3/b3-2-. The number of morpholine rings is 1. The number of hydrogen-bond donors (Lipinski definition) is 2. The molecule has 6 heterocycles. The Labute approximate surface area is 232 Å². The highest BCUT2D eigenvalue weighted by Gasteiger charge is 2.32. The summed E-state index contributed by atoms with van der Waals surface area (Å²) in [7, 11) is 0. The molecule has 0 radical (unpaired) electrons. The van der Waals surface area contributed by atoms with E-state index in [1.807, 2.05) is 23.0 Å². The van der Waals surface area contributed by atoms with E-state index in [-0.39, 0.29) is 18.3 Å². The zero-order valence-electron chi connectivity index (χ0n) is 22.1. The first kappa shape index (κ1) is 26.1. The first-order chi connectivity index (χ1) is 19.1. The molecule has 4 aliphatic heterocycles. The van der Waals surface area contributed by atoms with E-state index >= 15 is 0 Å². The number of nitrogens with one attached hydrogen (secondary N) is 1. The molecule has 1 atom stereocenters. The zero-order valence-corrected chi connectivity index (χ0v) is 22.9. The second-order valence-corrected chi connectivity index (χ2v) is 11.1. The van der Waals surface area contributed by atoms with Gasteiger partial charge in [0.05, 0.1) is 61.3 Å². The molecule has 1 aromatic carbocycles. The monoisotopic (exact) mass is 550 g/mol. The van der Waals surface area contributed by atoms with Gasteiger partial charge in [0.25, 0.3) is 0 Å². The van der Waals surface area contributed by atoms with Gasteiger partial charge in [0.15, 0.2) is 0 Å². The number of piperidine rings is 1. The number of fused-ring (bicyclic) bond motifs is 4. The topological polar surface area (TPSA) is 114 Å². The molecule has 0 aliphatic carbocycles. The minimum Gasteiger partial charge on any atom is -0.395 e. The maximum atomic E-state index is 9.18. The second kappa shape index (κ2) is 11.5. The van der Waals surface area contributed by atoms with Gasteiger partial charge in [0, 0.05) is 37.3 Å². The average Bonchev–Trinajstić information content (AvgIpc) is 3.46. The highest BCUT2D eigenvalue weighted by Crippen LogP contribution is 2.35. The Morgan fingerprint density at radius 2 is 2.03 bits per heavy atom. The summed E-state index contributed by atoms with van der Waals surface area (Å²) in [5, 5.41) is 18.2. The molecule has 206 valence electrons. The van der Waals surface area contributed by atoms with Crippen molar-refractivity contribution in [1.82, 2.24) is 25.0 Å². The van der Waals surface area contributed by atoms with E-state index in [9.17, 15) is 5.11 Å². The first-order valence-electron chi connectivity index (χ1n) is 13.4. The fourth-order valence-corrected chi connectivity index (χ4v) is 5.64. The summed E-state index contributed by atoms with van der Waals surface area (Å²) in [5.41, 5.74) is 4.22. The number of aliphatic hydroxyl groups excluding tert-OH is 1. The molecular weight excluding hydrogens is 516 g/mol. The summed E-state index contributed by atoms with van der Waals surface area (Å²) in [6.07, 6.45) is 9.65. The number of rotatable bonds is 4. The number of aromatic nitrogens is 5. The fraction of sp³-hybridized carbons (Fsp3) is 0.481. The van der Waals surface area contributed by atoms with Gasteiger partial charge in [-0.05, 0) is 44.0 Å². The number of benzene rings is 1. The van der Waals surface area contributed by atoms with Crippen LogP contribution >= 0.6 is 11.9 Å².